The molecular weight excluding hydrogens is 186 g/mol. The van der Waals surface area contributed by atoms with Gasteiger partial charge < -0.3 is 10.1 Å². The van der Waals surface area contributed by atoms with Gasteiger partial charge in [-0.2, -0.15) is 0 Å². The second-order valence-corrected chi connectivity index (χ2v) is 4.23. The van der Waals surface area contributed by atoms with Gasteiger partial charge in [-0.3, -0.25) is 0 Å². The largest absolute Gasteiger partial charge is 0.496 e. The van der Waals surface area contributed by atoms with Crippen molar-refractivity contribution < 1.29 is 4.74 Å². The Labute approximate surface area is 91.6 Å². The molecule has 2 nitrogen and oxygen atoms in total. The summed E-state index contributed by atoms with van der Waals surface area (Å²) >= 11 is 0. The van der Waals surface area contributed by atoms with Gasteiger partial charge in [0.2, 0.25) is 0 Å². The maximum Gasteiger partial charge on any atom is 0.121 e. The van der Waals surface area contributed by atoms with Crippen LogP contribution in [0.15, 0.2) is 18.2 Å². The molecule has 0 aromatic heterocycles. The fourth-order valence-corrected chi connectivity index (χ4v) is 2.25. The number of ether oxygens (including phenoxy) is 1. The van der Waals surface area contributed by atoms with Crippen molar-refractivity contribution in [2.24, 2.45) is 0 Å². The number of benzene rings is 1. The van der Waals surface area contributed by atoms with Crippen LogP contribution in [0.1, 0.15) is 36.4 Å². The quantitative estimate of drug-likeness (QED) is 0.801. The molecule has 0 saturated carbocycles. The van der Waals surface area contributed by atoms with E-state index in [0.717, 1.165) is 12.3 Å². The highest BCUT2D eigenvalue weighted by Gasteiger charge is 2.15. The Morgan fingerprint density at radius 2 is 2.20 bits per heavy atom. The van der Waals surface area contributed by atoms with Crippen LogP contribution in [0, 0.1) is 6.92 Å². The molecule has 0 amide bonds. The lowest BCUT2D eigenvalue weighted by atomic mass is 9.96. The molecule has 1 aliphatic heterocycles. The number of methoxy groups -OCH3 is 1. The van der Waals surface area contributed by atoms with Crippen LogP contribution in [-0.4, -0.2) is 13.7 Å². The Hall–Kier alpha value is -1.02. The molecule has 1 aromatic carbocycles. The van der Waals surface area contributed by atoms with Crippen LogP contribution in [0.3, 0.4) is 0 Å². The summed E-state index contributed by atoms with van der Waals surface area (Å²) in [6.07, 6.45) is 3.90. The summed E-state index contributed by atoms with van der Waals surface area (Å²) < 4.78 is 5.27. The maximum absolute atomic E-state index is 5.27. The molecule has 1 atom stereocenters. The minimum Gasteiger partial charge on any atom is -0.496 e. The van der Waals surface area contributed by atoms with Crippen LogP contribution in [-0.2, 0) is 0 Å². The zero-order valence-electron chi connectivity index (χ0n) is 9.55. The molecular formula is C13H19NO. The molecule has 82 valence electrons. The van der Waals surface area contributed by atoms with Crippen LogP contribution >= 0.6 is 0 Å². The van der Waals surface area contributed by atoms with E-state index >= 15 is 0 Å². The first kappa shape index (κ1) is 10.5. The number of piperidine rings is 1. The van der Waals surface area contributed by atoms with Gasteiger partial charge in [-0.15, -0.1) is 0 Å². The van der Waals surface area contributed by atoms with E-state index in [1.54, 1.807) is 7.11 Å². The first-order chi connectivity index (χ1) is 7.31. The summed E-state index contributed by atoms with van der Waals surface area (Å²) in [4.78, 5) is 0. The zero-order chi connectivity index (χ0) is 10.7. The molecule has 0 spiro atoms. The molecule has 15 heavy (non-hydrogen) atoms. The molecule has 2 rings (SSSR count). The first-order valence-electron chi connectivity index (χ1n) is 5.69. The summed E-state index contributed by atoms with van der Waals surface area (Å²) in [6.45, 7) is 3.25. The van der Waals surface area contributed by atoms with E-state index in [1.807, 2.05) is 0 Å². The molecule has 1 heterocycles. The number of hydrogen-bond donors (Lipinski definition) is 1. The third-order valence-electron chi connectivity index (χ3n) is 3.13. The van der Waals surface area contributed by atoms with E-state index < -0.39 is 0 Å². The normalized spacial score (nSPS) is 21.3. The van der Waals surface area contributed by atoms with Crippen LogP contribution < -0.4 is 10.1 Å². The predicted octanol–water partition coefficient (Wildman–Crippen LogP) is 2.82. The molecule has 1 aromatic rings. The highest BCUT2D eigenvalue weighted by Crippen LogP contribution is 2.27. The maximum atomic E-state index is 5.27. The standard InChI is InChI=1S/C13H19NO/c1-10-9-11(6-7-13(10)15-2)12-5-3-4-8-14-12/h6-7,9,12,14H,3-5,8H2,1-2H3/t12-/m0/s1. The van der Waals surface area contributed by atoms with Crippen molar-refractivity contribution in [3.8, 4) is 5.75 Å². The molecule has 0 radical (unpaired) electrons. The van der Waals surface area contributed by atoms with E-state index in [0.29, 0.717) is 6.04 Å². The monoisotopic (exact) mass is 205 g/mol. The van der Waals surface area contributed by atoms with Crippen molar-refractivity contribution in [1.29, 1.82) is 0 Å². The predicted molar refractivity (Wildman–Crippen MR) is 62.3 cm³/mol. The number of rotatable bonds is 2. The van der Waals surface area contributed by atoms with Gasteiger partial charge in [0, 0.05) is 6.04 Å². The van der Waals surface area contributed by atoms with Crippen molar-refractivity contribution in [2.75, 3.05) is 13.7 Å². The van der Waals surface area contributed by atoms with Crippen molar-refractivity contribution >= 4 is 0 Å². The number of aryl methyl sites for hydroxylation is 1. The van der Waals surface area contributed by atoms with E-state index in [9.17, 15) is 0 Å². The van der Waals surface area contributed by atoms with E-state index in [1.165, 1.54) is 30.4 Å². The van der Waals surface area contributed by atoms with Crippen LogP contribution in [0.4, 0.5) is 0 Å². The summed E-state index contributed by atoms with van der Waals surface area (Å²) in [5.74, 6) is 0.981. The van der Waals surface area contributed by atoms with Gasteiger partial charge in [0.1, 0.15) is 5.75 Å². The molecule has 1 saturated heterocycles. The van der Waals surface area contributed by atoms with Gasteiger partial charge in [0.05, 0.1) is 7.11 Å². The topological polar surface area (TPSA) is 21.3 Å². The van der Waals surface area contributed by atoms with Crippen molar-refractivity contribution in [2.45, 2.75) is 32.2 Å². The third-order valence-corrected chi connectivity index (χ3v) is 3.13. The number of nitrogens with one attached hydrogen (secondary N) is 1. The summed E-state index contributed by atoms with van der Waals surface area (Å²) in [5, 5.41) is 3.56. The van der Waals surface area contributed by atoms with Crippen molar-refractivity contribution in [1.82, 2.24) is 5.32 Å². The Morgan fingerprint density at radius 3 is 2.80 bits per heavy atom. The zero-order valence-corrected chi connectivity index (χ0v) is 9.55. The average Bonchev–Trinajstić information content (AvgIpc) is 2.30. The van der Waals surface area contributed by atoms with Gasteiger partial charge in [-0.05, 0) is 43.5 Å². The second kappa shape index (κ2) is 4.67. The Bertz CT molecular complexity index is 329. The molecule has 0 aliphatic carbocycles. The number of hydrogen-bond acceptors (Lipinski definition) is 2. The molecule has 0 unspecified atom stereocenters. The smallest absolute Gasteiger partial charge is 0.121 e. The lowest BCUT2D eigenvalue weighted by Gasteiger charge is -2.24. The van der Waals surface area contributed by atoms with E-state index in [-0.39, 0.29) is 0 Å². The fraction of sp³-hybridized carbons (Fsp3) is 0.538. The van der Waals surface area contributed by atoms with E-state index in [4.69, 9.17) is 4.74 Å². The van der Waals surface area contributed by atoms with Crippen LogP contribution in [0.5, 0.6) is 5.75 Å². The molecule has 0 bridgehead atoms. The lowest BCUT2D eigenvalue weighted by molar-refractivity contribution is 0.404. The second-order valence-electron chi connectivity index (χ2n) is 4.23. The van der Waals surface area contributed by atoms with Crippen molar-refractivity contribution in [3.63, 3.8) is 0 Å². The van der Waals surface area contributed by atoms with Crippen molar-refractivity contribution in [3.05, 3.63) is 29.3 Å². The van der Waals surface area contributed by atoms with Crippen LogP contribution in [0.2, 0.25) is 0 Å². The van der Waals surface area contributed by atoms with Gasteiger partial charge >= 0.3 is 0 Å². The minimum atomic E-state index is 0.545. The molecule has 1 N–H and O–H groups in total. The van der Waals surface area contributed by atoms with Crippen LogP contribution in [0.25, 0.3) is 0 Å². The van der Waals surface area contributed by atoms with Gasteiger partial charge in [0.15, 0.2) is 0 Å². The lowest BCUT2D eigenvalue weighted by Crippen LogP contribution is -2.26. The molecule has 1 fully saturated rings. The van der Waals surface area contributed by atoms with Gasteiger partial charge in [0.25, 0.3) is 0 Å². The minimum absolute atomic E-state index is 0.545. The average molecular weight is 205 g/mol. The molecule has 2 heteroatoms. The Morgan fingerprint density at radius 1 is 1.33 bits per heavy atom. The Balaban J connectivity index is 2.17. The Kier molecular flexibility index (Phi) is 3.27. The highest BCUT2D eigenvalue weighted by atomic mass is 16.5. The summed E-state index contributed by atoms with van der Waals surface area (Å²) in [7, 11) is 1.72. The molecule has 1 aliphatic rings. The highest BCUT2D eigenvalue weighted by molar-refractivity contribution is 5.37. The van der Waals surface area contributed by atoms with Gasteiger partial charge in [-0.1, -0.05) is 18.6 Å². The third kappa shape index (κ3) is 2.32. The SMILES string of the molecule is COc1ccc([C@@H]2CCCCN2)cc1C. The van der Waals surface area contributed by atoms with Gasteiger partial charge in [-0.25, -0.2) is 0 Å². The summed E-state index contributed by atoms with van der Waals surface area (Å²) in [6, 6.07) is 7.03. The van der Waals surface area contributed by atoms with E-state index in [2.05, 4.69) is 30.4 Å². The first-order valence-corrected chi connectivity index (χ1v) is 5.69. The summed E-state index contributed by atoms with van der Waals surface area (Å²) in [5.41, 5.74) is 2.62. The fourth-order valence-electron chi connectivity index (χ4n) is 2.25.